The normalized spacial score (nSPS) is 21.0. The van der Waals surface area contributed by atoms with Gasteiger partial charge in [-0.15, -0.1) is 0 Å². The van der Waals surface area contributed by atoms with E-state index < -0.39 is 5.92 Å². The van der Waals surface area contributed by atoms with Crippen molar-refractivity contribution < 1.29 is 19.1 Å². The lowest BCUT2D eigenvalue weighted by Gasteiger charge is -2.28. The smallest absolute Gasteiger partial charge is 0.239 e. The molecule has 0 radical (unpaired) electrons. The highest BCUT2D eigenvalue weighted by molar-refractivity contribution is 6.31. The number of anilines is 1. The third-order valence-electron chi connectivity index (χ3n) is 4.26. The summed E-state index contributed by atoms with van der Waals surface area (Å²) in [5.41, 5.74) is 0.557. The number of methoxy groups -OCH3 is 1. The Bertz CT molecular complexity index is 694. The van der Waals surface area contributed by atoms with E-state index >= 15 is 0 Å². The second-order valence-electron chi connectivity index (χ2n) is 5.83. The van der Waals surface area contributed by atoms with Crippen LogP contribution in [-0.4, -0.2) is 55.9 Å². The van der Waals surface area contributed by atoms with Crippen LogP contribution in [0, 0.1) is 5.92 Å². The van der Waals surface area contributed by atoms with Gasteiger partial charge in [-0.1, -0.05) is 11.6 Å². The number of carbonyl (C=O) groups excluding carboxylic acids is 3. The number of halogens is 1. The Balaban J connectivity index is 1.77. The summed E-state index contributed by atoms with van der Waals surface area (Å²) in [5, 5.41) is 3.17. The minimum absolute atomic E-state index is 0.0456. The molecule has 2 fully saturated rings. The second-order valence-corrected chi connectivity index (χ2v) is 6.27. The molecular formula is C16H18ClN3O4. The third kappa shape index (κ3) is 3.17. The lowest BCUT2D eigenvalue weighted by molar-refractivity contribution is -0.141. The van der Waals surface area contributed by atoms with Crippen molar-refractivity contribution in [3.63, 3.8) is 0 Å². The molecule has 1 aromatic rings. The maximum absolute atomic E-state index is 12.6. The summed E-state index contributed by atoms with van der Waals surface area (Å²) < 4.78 is 5.29. The second kappa shape index (κ2) is 6.68. The number of nitrogens with one attached hydrogen (secondary N) is 1. The lowest BCUT2D eigenvalue weighted by atomic mass is 10.1. The first-order valence-corrected chi connectivity index (χ1v) is 8.07. The minimum atomic E-state index is -0.466. The van der Waals surface area contributed by atoms with Gasteiger partial charge in [-0.2, -0.15) is 0 Å². The Labute approximate surface area is 144 Å². The molecule has 0 aromatic heterocycles. The van der Waals surface area contributed by atoms with Crippen LogP contribution in [0.4, 0.5) is 5.69 Å². The largest absolute Gasteiger partial charge is 0.495 e. The lowest BCUT2D eigenvalue weighted by Crippen LogP contribution is -2.51. The molecule has 128 valence electrons. The van der Waals surface area contributed by atoms with E-state index in [1.165, 1.54) is 16.9 Å². The van der Waals surface area contributed by atoms with Crippen molar-refractivity contribution in [3.05, 3.63) is 23.2 Å². The van der Waals surface area contributed by atoms with Gasteiger partial charge in [-0.05, 0) is 18.2 Å². The van der Waals surface area contributed by atoms with Crippen LogP contribution in [-0.2, 0) is 14.4 Å². The van der Waals surface area contributed by atoms with Gasteiger partial charge in [0.15, 0.2) is 0 Å². The fourth-order valence-electron chi connectivity index (χ4n) is 3.06. The van der Waals surface area contributed by atoms with Crippen molar-refractivity contribution in [3.8, 4) is 5.75 Å². The topological polar surface area (TPSA) is 79.0 Å². The predicted molar refractivity (Wildman–Crippen MR) is 88.1 cm³/mol. The van der Waals surface area contributed by atoms with E-state index in [0.29, 0.717) is 29.5 Å². The first kappa shape index (κ1) is 16.6. The highest BCUT2D eigenvalue weighted by Gasteiger charge is 2.39. The average molecular weight is 352 g/mol. The van der Waals surface area contributed by atoms with Crippen molar-refractivity contribution >= 4 is 35.0 Å². The number of amides is 3. The van der Waals surface area contributed by atoms with Gasteiger partial charge in [0.05, 0.1) is 25.3 Å². The van der Waals surface area contributed by atoms with Crippen LogP contribution in [0.15, 0.2) is 18.2 Å². The quantitative estimate of drug-likeness (QED) is 0.867. The number of nitrogens with zero attached hydrogens (tertiary/aromatic N) is 2. The van der Waals surface area contributed by atoms with Crippen LogP contribution in [0.1, 0.15) is 6.42 Å². The van der Waals surface area contributed by atoms with Crippen molar-refractivity contribution in [2.75, 3.05) is 38.2 Å². The molecule has 7 nitrogen and oxygen atoms in total. The van der Waals surface area contributed by atoms with E-state index in [-0.39, 0.29) is 37.2 Å². The molecule has 3 rings (SSSR count). The SMILES string of the molecule is COc1ccc(Cl)cc1N1CC(C(=O)N2CCNC(=O)C2)CC1=O. The van der Waals surface area contributed by atoms with Crippen LogP contribution in [0.5, 0.6) is 5.75 Å². The van der Waals surface area contributed by atoms with E-state index in [1.807, 2.05) is 0 Å². The van der Waals surface area contributed by atoms with Crippen molar-refractivity contribution in [2.45, 2.75) is 6.42 Å². The summed E-state index contributed by atoms with van der Waals surface area (Å²) in [6.45, 7) is 1.21. The van der Waals surface area contributed by atoms with Crippen LogP contribution < -0.4 is 15.0 Å². The summed E-state index contributed by atoms with van der Waals surface area (Å²) >= 11 is 6.02. The number of carbonyl (C=O) groups is 3. The van der Waals surface area contributed by atoms with Gasteiger partial charge < -0.3 is 19.9 Å². The van der Waals surface area contributed by atoms with Crippen LogP contribution in [0.3, 0.4) is 0 Å². The molecule has 2 heterocycles. The van der Waals surface area contributed by atoms with Gasteiger partial charge >= 0.3 is 0 Å². The van der Waals surface area contributed by atoms with E-state index in [9.17, 15) is 14.4 Å². The molecule has 1 aromatic carbocycles. The zero-order chi connectivity index (χ0) is 17.3. The maximum atomic E-state index is 12.6. The molecule has 24 heavy (non-hydrogen) atoms. The molecule has 3 amide bonds. The molecule has 1 N–H and O–H groups in total. The van der Waals surface area contributed by atoms with E-state index in [4.69, 9.17) is 16.3 Å². The van der Waals surface area contributed by atoms with Gasteiger partial charge in [-0.25, -0.2) is 0 Å². The molecule has 1 unspecified atom stereocenters. The number of piperazine rings is 1. The standard InChI is InChI=1S/C16H18ClN3O4/c1-24-13-3-2-11(17)7-12(13)20-8-10(6-15(20)22)16(23)19-5-4-18-14(21)9-19/h2-3,7,10H,4-6,8-9H2,1H3,(H,18,21). The van der Waals surface area contributed by atoms with E-state index in [1.54, 1.807) is 18.2 Å². The van der Waals surface area contributed by atoms with Crippen molar-refractivity contribution in [1.82, 2.24) is 10.2 Å². The predicted octanol–water partition coefficient (Wildman–Crippen LogP) is 0.660. The number of ether oxygens (including phenoxy) is 1. The Hall–Kier alpha value is -2.28. The van der Waals surface area contributed by atoms with Crippen molar-refractivity contribution in [2.24, 2.45) is 5.92 Å². The number of hydrogen-bond donors (Lipinski definition) is 1. The number of benzene rings is 1. The Morgan fingerprint density at radius 3 is 2.88 bits per heavy atom. The molecule has 0 spiro atoms. The zero-order valence-corrected chi connectivity index (χ0v) is 14.0. The molecule has 0 saturated carbocycles. The Kier molecular flexibility index (Phi) is 4.62. The van der Waals surface area contributed by atoms with Gasteiger partial charge in [0.1, 0.15) is 5.75 Å². The highest BCUT2D eigenvalue weighted by atomic mass is 35.5. The average Bonchev–Trinajstić information content (AvgIpc) is 2.95. The van der Waals surface area contributed by atoms with Crippen LogP contribution >= 0.6 is 11.6 Å². The Morgan fingerprint density at radius 2 is 2.17 bits per heavy atom. The highest BCUT2D eigenvalue weighted by Crippen LogP contribution is 2.35. The molecule has 8 heteroatoms. The molecule has 1 atom stereocenters. The molecule has 2 aliphatic rings. The van der Waals surface area contributed by atoms with Crippen molar-refractivity contribution in [1.29, 1.82) is 0 Å². The van der Waals surface area contributed by atoms with Gasteiger partial charge in [0.2, 0.25) is 17.7 Å². The third-order valence-corrected chi connectivity index (χ3v) is 4.49. The van der Waals surface area contributed by atoms with Gasteiger partial charge in [0, 0.05) is 31.1 Å². The Morgan fingerprint density at radius 1 is 1.38 bits per heavy atom. The summed E-state index contributed by atoms with van der Waals surface area (Å²) in [5.74, 6) is -0.436. The molecular weight excluding hydrogens is 334 g/mol. The molecule has 2 aliphatic heterocycles. The fraction of sp³-hybridized carbons (Fsp3) is 0.438. The summed E-state index contributed by atoms with van der Waals surface area (Å²) in [4.78, 5) is 39.5. The zero-order valence-electron chi connectivity index (χ0n) is 13.3. The maximum Gasteiger partial charge on any atom is 0.239 e. The summed E-state index contributed by atoms with van der Waals surface area (Å²) in [6, 6.07) is 5.02. The molecule has 2 saturated heterocycles. The van der Waals surface area contributed by atoms with E-state index in [0.717, 1.165) is 0 Å². The first-order valence-electron chi connectivity index (χ1n) is 7.69. The monoisotopic (exact) mass is 351 g/mol. The van der Waals surface area contributed by atoms with Gasteiger partial charge in [0.25, 0.3) is 0 Å². The molecule has 0 bridgehead atoms. The van der Waals surface area contributed by atoms with Crippen LogP contribution in [0.2, 0.25) is 5.02 Å². The van der Waals surface area contributed by atoms with E-state index in [2.05, 4.69) is 5.32 Å². The minimum Gasteiger partial charge on any atom is -0.495 e. The first-order chi connectivity index (χ1) is 11.5. The molecule has 0 aliphatic carbocycles. The number of hydrogen-bond acceptors (Lipinski definition) is 4. The summed E-state index contributed by atoms with van der Waals surface area (Å²) in [7, 11) is 1.52. The number of rotatable bonds is 3. The van der Waals surface area contributed by atoms with Gasteiger partial charge in [-0.3, -0.25) is 14.4 Å². The summed E-state index contributed by atoms with van der Waals surface area (Å²) in [6.07, 6.45) is 0.118. The fourth-order valence-corrected chi connectivity index (χ4v) is 3.23. The van der Waals surface area contributed by atoms with Crippen LogP contribution in [0.25, 0.3) is 0 Å².